The van der Waals surface area contributed by atoms with Crippen LogP contribution in [0.3, 0.4) is 0 Å². The molecule has 3 aromatic rings. The molecule has 0 atom stereocenters. The van der Waals surface area contributed by atoms with Gasteiger partial charge >= 0.3 is 0 Å². The van der Waals surface area contributed by atoms with Gasteiger partial charge in [-0.3, -0.25) is 0 Å². The minimum absolute atomic E-state index is 0.426. The molecule has 0 amide bonds. The summed E-state index contributed by atoms with van der Waals surface area (Å²) in [5, 5.41) is 1.24. The molecule has 0 N–H and O–H groups in total. The number of hydrogen-bond acceptors (Lipinski definition) is 2. The van der Waals surface area contributed by atoms with Crippen LogP contribution in [0.25, 0.3) is 10.9 Å². The highest BCUT2D eigenvalue weighted by Crippen LogP contribution is 2.32. The Morgan fingerprint density at radius 1 is 1.04 bits per heavy atom. The summed E-state index contributed by atoms with van der Waals surface area (Å²) in [5.41, 5.74) is 5.31. The summed E-state index contributed by atoms with van der Waals surface area (Å²) in [6, 6.07) is 13.9. The molecule has 1 aliphatic heterocycles. The fourth-order valence-electron chi connectivity index (χ4n) is 3.82. The molecule has 2 aromatic carbocycles. The molecular formula is C20H22N2O2S. The Kier molecular flexibility index (Phi) is 3.74. The number of hydrogen-bond donors (Lipinski definition) is 0. The van der Waals surface area contributed by atoms with Gasteiger partial charge in [0.1, 0.15) is 0 Å². The number of para-hydroxylation sites is 1. The van der Waals surface area contributed by atoms with E-state index in [9.17, 15) is 8.42 Å². The van der Waals surface area contributed by atoms with E-state index in [1.807, 2.05) is 45.2 Å². The second kappa shape index (κ2) is 5.71. The molecule has 1 aromatic heterocycles. The van der Waals surface area contributed by atoms with Gasteiger partial charge in [-0.25, -0.2) is 8.42 Å². The summed E-state index contributed by atoms with van der Waals surface area (Å²) < 4.78 is 30.2. The van der Waals surface area contributed by atoms with Crippen molar-refractivity contribution in [3.8, 4) is 0 Å². The lowest BCUT2D eigenvalue weighted by molar-refractivity contribution is 0.382. The molecule has 0 fully saturated rings. The Hall–Kier alpha value is -2.11. The topological polar surface area (TPSA) is 42.3 Å². The van der Waals surface area contributed by atoms with Gasteiger partial charge in [0.2, 0.25) is 10.0 Å². The number of rotatable bonds is 2. The van der Waals surface area contributed by atoms with Crippen LogP contribution in [0.15, 0.2) is 47.4 Å². The van der Waals surface area contributed by atoms with E-state index in [4.69, 9.17) is 0 Å². The Labute approximate surface area is 148 Å². The largest absolute Gasteiger partial charge is 0.346 e. The van der Waals surface area contributed by atoms with Crippen LogP contribution in [0.2, 0.25) is 0 Å². The van der Waals surface area contributed by atoms with Crippen LogP contribution in [-0.4, -0.2) is 23.8 Å². The SMILES string of the molecule is Cc1ccc(C)c(S(=O)(=O)N2CCc3c(n(C)c4ccccc34)C2)c1. The first-order valence-corrected chi connectivity index (χ1v) is 9.96. The van der Waals surface area contributed by atoms with E-state index in [2.05, 4.69) is 16.7 Å². The van der Waals surface area contributed by atoms with Crippen molar-refractivity contribution in [1.29, 1.82) is 0 Å². The highest BCUT2D eigenvalue weighted by Gasteiger charge is 2.32. The van der Waals surface area contributed by atoms with Crippen molar-refractivity contribution in [2.45, 2.75) is 31.7 Å². The van der Waals surface area contributed by atoms with Gasteiger partial charge in [0.15, 0.2) is 0 Å². The van der Waals surface area contributed by atoms with Gasteiger partial charge in [0.05, 0.1) is 11.4 Å². The van der Waals surface area contributed by atoms with Crippen molar-refractivity contribution in [3.05, 3.63) is 64.8 Å². The highest BCUT2D eigenvalue weighted by atomic mass is 32.2. The summed E-state index contributed by atoms with van der Waals surface area (Å²) in [6.45, 7) is 4.74. The predicted molar refractivity (Wildman–Crippen MR) is 100 cm³/mol. The number of aromatic nitrogens is 1. The van der Waals surface area contributed by atoms with Crippen molar-refractivity contribution in [2.75, 3.05) is 6.54 Å². The third-order valence-electron chi connectivity index (χ3n) is 5.24. The second-order valence-electron chi connectivity index (χ2n) is 6.86. The van der Waals surface area contributed by atoms with Crippen LogP contribution in [-0.2, 0) is 30.0 Å². The molecule has 0 spiro atoms. The standard InChI is InChI=1S/C20H22N2O2S/c1-14-8-9-15(2)20(12-14)25(23,24)22-11-10-17-16-6-4-5-7-18(16)21(3)19(17)13-22/h4-9,12H,10-11,13H2,1-3H3. The first kappa shape index (κ1) is 16.4. The minimum atomic E-state index is -3.49. The van der Waals surface area contributed by atoms with Gasteiger partial charge in [0.25, 0.3) is 0 Å². The van der Waals surface area contributed by atoms with Crippen molar-refractivity contribution in [3.63, 3.8) is 0 Å². The molecular weight excluding hydrogens is 332 g/mol. The van der Waals surface area contributed by atoms with Crippen LogP contribution in [0.5, 0.6) is 0 Å². The summed E-state index contributed by atoms with van der Waals surface area (Å²) in [4.78, 5) is 0.426. The van der Waals surface area contributed by atoms with Crippen LogP contribution < -0.4 is 0 Å². The van der Waals surface area contributed by atoms with E-state index in [1.54, 1.807) is 10.4 Å². The molecule has 130 valence electrons. The van der Waals surface area contributed by atoms with E-state index < -0.39 is 10.0 Å². The summed E-state index contributed by atoms with van der Waals surface area (Å²) >= 11 is 0. The van der Waals surface area contributed by atoms with Crippen LogP contribution >= 0.6 is 0 Å². The predicted octanol–water partition coefficient (Wildman–Crippen LogP) is 3.54. The minimum Gasteiger partial charge on any atom is -0.346 e. The fraction of sp³-hybridized carbons (Fsp3) is 0.300. The van der Waals surface area contributed by atoms with Gasteiger partial charge < -0.3 is 4.57 Å². The van der Waals surface area contributed by atoms with Crippen molar-refractivity contribution < 1.29 is 8.42 Å². The van der Waals surface area contributed by atoms with E-state index >= 15 is 0 Å². The zero-order valence-electron chi connectivity index (χ0n) is 14.8. The molecule has 1 aliphatic rings. The van der Waals surface area contributed by atoms with Gasteiger partial charge in [-0.1, -0.05) is 30.3 Å². The summed E-state index contributed by atoms with van der Waals surface area (Å²) in [5.74, 6) is 0. The van der Waals surface area contributed by atoms with E-state index in [0.29, 0.717) is 18.0 Å². The van der Waals surface area contributed by atoms with Crippen LogP contribution in [0, 0.1) is 13.8 Å². The molecule has 0 bridgehead atoms. The molecule has 25 heavy (non-hydrogen) atoms. The van der Waals surface area contributed by atoms with E-state index in [1.165, 1.54) is 16.5 Å². The lowest BCUT2D eigenvalue weighted by Crippen LogP contribution is -2.36. The molecule has 0 saturated carbocycles. The van der Waals surface area contributed by atoms with Crippen molar-refractivity contribution >= 4 is 20.9 Å². The third kappa shape index (κ3) is 2.50. The molecule has 2 heterocycles. The van der Waals surface area contributed by atoms with Gasteiger partial charge in [0, 0.05) is 30.2 Å². The van der Waals surface area contributed by atoms with Crippen molar-refractivity contribution in [2.24, 2.45) is 7.05 Å². The zero-order chi connectivity index (χ0) is 17.8. The molecule has 5 heteroatoms. The van der Waals surface area contributed by atoms with Gasteiger partial charge in [-0.05, 0) is 49.1 Å². The Bertz CT molecular complexity index is 1080. The van der Waals surface area contributed by atoms with E-state index in [0.717, 1.165) is 23.2 Å². The third-order valence-corrected chi connectivity index (χ3v) is 7.23. The molecule has 0 saturated heterocycles. The summed E-state index contributed by atoms with van der Waals surface area (Å²) in [7, 11) is -1.47. The Morgan fingerprint density at radius 3 is 2.60 bits per heavy atom. The number of benzene rings is 2. The Morgan fingerprint density at radius 2 is 1.80 bits per heavy atom. The van der Waals surface area contributed by atoms with Crippen LogP contribution in [0.4, 0.5) is 0 Å². The first-order chi connectivity index (χ1) is 11.9. The van der Waals surface area contributed by atoms with Gasteiger partial charge in [-0.2, -0.15) is 4.31 Å². The second-order valence-corrected chi connectivity index (χ2v) is 8.77. The zero-order valence-corrected chi connectivity index (χ0v) is 15.6. The molecule has 0 unspecified atom stereocenters. The lowest BCUT2D eigenvalue weighted by atomic mass is 10.1. The number of sulfonamides is 1. The Balaban J connectivity index is 1.79. The van der Waals surface area contributed by atoms with E-state index in [-0.39, 0.29) is 0 Å². The maximum Gasteiger partial charge on any atom is 0.243 e. The molecule has 0 aliphatic carbocycles. The number of nitrogens with zero attached hydrogens (tertiary/aromatic N) is 2. The monoisotopic (exact) mass is 354 g/mol. The average Bonchev–Trinajstić information content (AvgIpc) is 2.90. The molecule has 4 nitrogen and oxygen atoms in total. The fourth-order valence-corrected chi connectivity index (χ4v) is 5.53. The maximum atomic E-state index is 13.2. The quantitative estimate of drug-likeness (QED) is 0.706. The normalized spacial score (nSPS) is 15.5. The average molecular weight is 354 g/mol. The first-order valence-electron chi connectivity index (χ1n) is 8.52. The smallest absolute Gasteiger partial charge is 0.243 e. The molecule has 4 rings (SSSR count). The maximum absolute atomic E-state index is 13.2. The van der Waals surface area contributed by atoms with Gasteiger partial charge in [-0.15, -0.1) is 0 Å². The number of aryl methyl sites for hydroxylation is 3. The van der Waals surface area contributed by atoms with Crippen molar-refractivity contribution in [1.82, 2.24) is 8.87 Å². The molecule has 0 radical (unpaired) electrons. The highest BCUT2D eigenvalue weighted by molar-refractivity contribution is 7.89. The number of fused-ring (bicyclic) bond motifs is 3. The summed E-state index contributed by atoms with van der Waals surface area (Å²) in [6.07, 6.45) is 0.751. The van der Waals surface area contributed by atoms with Crippen LogP contribution in [0.1, 0.15) is 22.4 Å². The lowest BCUT2D eigenvalue weighted by Gasteiger charge is -2.28.